The predicted octanol–water partition coefficient (Wildman–Crippen LogP) is 1.48. The van der Waals surface area contributed by atoms with Crippen molar-refractivity contribution in [1.82, 2.24) is 19.7 Å². The Balaban J connectivity index is 2.13. The highest BCUT2D eigenvalue weighted by Gasteiger charge is 2.39. The smallest absolute Gasteiger partial charge is 0.305 e. The molecule has 0 fully saturated rings. The van der Waals surface area contributed by atoms with Gasteiger partial charge < -0.3 is 4.57 Å². The molecule has 0 N–H and O–H groups in total. The minimum Gasteiger partial charge on any atom is -0.305 e. The molecule has 1 aliphatic rings. The highest BCUT2D eigenvalue weighted by molar-refractivity contribution is 5.76. The number of fused-ring (bicyclic) bond motifs is 1. The van der Waals surface area contributed by atoms with Gasteiger partial charge in [0.2, 0.25) is 5.82 Å². The first-order valence-corrected chi connectivity index (χ1v) is 6.02. The highest BCUT2D eigenvalue weighted by atomic mass is 19.4. The molecule has 0 bridgehead atoms. The van der Waals surface area contributed by atoms with Gasteiger partial charge in [0, 0.05) is 25.6 Å². The summed E-state index contributed by atoms with van der Waals surface area (Å²) in [5.74, 6) is -0.578. The van der Waals surface area contributed by atoms with Crippen molar-refractivity contribution >= 4 is 5.78 Å². The third-order valence-electron chi connectivity index (χ3n) is 3.24. The van der Waals surface area contributed by atoms with E-state index in [4.69, 9.17) is 0 Å². The molecule has 2 heterocycles. The Kier molecular flexibility index (Phi) is 3.62. The van der Waals surface area contributed by atoms with Crippen LogP contribution in [0.5, 0.6) is 0 Å². The van der Waals surface area contributed by atoms with E-state index in [-0.39, 0.29) is 24.9 Å². The van der Waals surface area contributed by atoms with E-state index < -0.39 is 12.0 Å². The number of ketones is 1. The monoisotopic (exact) mass is 276 g/mol. The van der Waals surface area contributed by atoms with Gasteiger partial charge in [-0.1, -0.05) is 0 Å². The number of nitrogens with zero attached hydrogens (tertiary/aromatic N) is 4. The number of carbonyl (C=O) groups excluding carboxylic acids is 1. The summed E-state index contributed by atoms with van der Waals surface area (Å²) in [6, 6.07) is -0.00251. The second kappa shape index (κ2) is 4.92. The lowest BCUT2D eigenvalue weighted by molar-refractivity contribution is -0.148. The van der Waals surface area contributed by atoms with Crippen LogP contribution in [0.2, 0.25) is 0 Å². The van der Waals surface area contributed by atoms with E-state index in [9.17, 15) is 18.0 Å². The van der Waals surface area contributed by atoms with Gasteiger partial charge in [-0.15, -0.1) is 10.2 Å². The second-order valence-electron chi connectivity index (χ2n) is 4.81. The maximum absolute atomic E-state index is 12.7. The summed E-state index contributed by atoms with van der Waals surface area (Å²) in [4.78, 5) is 13.0. The number of hydrogen-bond acceptors (Lipinski definition) is 4. The van der Waals surface area contributed by atoms with Gasteiger partial charge in [0.25, 0.3) is 0 Å². The topological polar surface area (TPSA) is 51.0 Å². The summed E-state index contributed by atoms with van der Waals surface area (Å²) in [6.07, 6.45) is -4.08. The Morgan fingerprint density at radius 3 is 2.63 bits per heavy atom. The van der Waals surface area contributed by atoms with Gasteiger partial charge in [0.15, 0.2) is 0 Å². The zero-order valence-electron chi connectivity index (χ0n) is 10.7. The van der Waals surface area contributed by atoms with Crippen LogP contribution in [0.4, 0.5) is 13.2 Å². The van der Waals surface area contributed by atoms with Crippen molar-refractivity contribution < 1.29 is 18.0 Å². The van der Waals surface area contributed by atoms with Crippen LogP contribution in [-0.2, 0) is 24.1 Å². The normalized spacial score (nSPS) is 18.2. The summed E-state index contributed by atoms with van der Waals surface area (Å²) in [7, 11) is 0. The Hall–Kier alpha value is -1.44. The molecule has 1 aliphatic heterocycles. The van der Waals surface area contributed by atoms with Crippen molar-refractivity contribution in [2.45, 2.75) is 45.6 Å². The van der Waals surface area contributed by atoms with Gasteiger partial charge >= 0.3 is 6.18 Å². The summed E-state index contributed by atoms with van der Waals surface area (Å²) in [5, 5.41) is 6.82. The Morgan fingerprint density at radius 2 is 2.05 bits per heavy atom. The van der Waals surface area contributed by atoms with Crippen molar-refractivity contribution in [1.29, 1.82) is 0 Å². The van der Waals surface area contributed by atoms with Crippen molar-refractivity contribution in [3.8, 4) is 0 Å². The predicted molar refractivity (Wildman–Crippen MR) is 60.2 cm³/mol. The number of halogens is 3. The van der Waals surface area contributed by atoms with Crippen molar-refractivity contribution in [3.05, 3.63) is 11.6 Å². The summed E-state index contributed by atoms with van der Waals surface area (Å²) >= 11 is 0. The van der Waals surface area contributed by atoms with Crippen molar-refractivity contribution in [2.24, 2.45) is 0 Å². The van der Waals surface area contributed by atoms with Crippen LogP contribution in [0.3, 0.4) is 0 Å². The van der Waals surface area contributed by atoms with Crippen LogP contribution >= 0.6 is 0 Å². The fourth-order valence-corrected chi connectivity index (χ4v) is 2.31. The molecule has 0 saturated carbocycles. The standard InChI is InChI=1S/C11H15F3N4O/c1-7(5-8(2)19)17-3-4-18-9(6-17)15-16-10(18)11(12,13)14/h7H,3-6H2,1-2H3. The second-order valence-corrected chi connectivity index (χ2v) is 4.81. The van der Waals surface area contributed by atoms with E-state index in [1.165, 1.54) is 6.92 Å². The van der Waals surface area contributed by atoms with Crippen LogP contribution in [-0.4, -0.2) is 38.0 Å². The molecular formula is C11H15F3N4O. The third-order valence-corrected chi connectivity index (χ3v) is 3.24. The fourth-order valence-electron chi connectivity index (χ4n) is 2.31. The van der Waals surface area contributed by atoms with Gasteiger partial charge in [0.1, 0.15) is 11.6 Å². The molecule has 0 aliphatic carbocycles. The fraction of sp³-hybridized carbons (Fsp3) is 0.727. The van der Waals surface area contributed by atoms with Crippen molar-refractivity contribution in [2.75, 3.05) is 6.54 Å². The maximum atomic E-state index is 12.7. The zero-order chi connectivity index (χ0) is 14.2. The number of rotatable bonds is 3. The molecule has 1 aromatic heterocycles. The van der Waals surface area contributed by atoms with Crippen LogP contribution in [0, 0.1) is 0 Å². The molecule has 0 aromatic carbocycles. The number of carbonyl (C=O) groups is 1. The van der Waals surface area contributed by atoms with Gasteiger partial charge in [0.05, 0.1) is 6.54 Å². The van der Waals surface area contributed by atoms with Crippen LogP contribution < -0.4 is 0 Å². The van der Waals surface area contributed by atoms with Crippen molar-refractivity contribution in [3.63, 3.8) is 0 Å². The molecule has 5 nitrogen and oxygen atoms in total. The molecule has 0 amide bonds. The number of aromatic nitrogens is 3. The largest absolute Gasteiger partial charge is 0.451 e. The Bertz CT molecular complexity index is 483. The van der Waals surface area contributed by atoms with E-state index in [0.717, 1.165) is 4.57 Å². The van der Waals surface area contributed by atoms with Crippen LogP contribution in [0.1, 0.15) is 31.9 Å². The number of hydrogen-bond donors (Lipinski definition) is 0. The average molecular weight is 276 g/mol. The SMILES string of the molecule is CC(=O)CC(C)N1CCn2c(nnc2C(F)(F)F)C1. The average Bonchev–Trinajstić information content (AvgIpc) is 2.69. The van der Waals surface area contributed by atoms with Gasteiger partial charge in [-0.05, 0) is 13.8 Å². The first-order valence-electron chi connectivity index (χ1n) is 6.02. The van der Waals surface area contributed by atoms with Gasteiger partial charge in [-0.25, -0.2) is 0 Å². The molecule has 1 unspecified atom stereocenters. The molecule has 2 rings (SSSR count). The molecule has 8 heteroatoms. The quantitative estimate of drug-likeness (QED) is 0.839. The Morgan fingerprint density at radius 1 is 1.37 bits per heavy atom. The number of Topliss-reactive ketones (excluding diaryl/α,β-unsaturated/α-hetero) is 1. The van der Waals surface area contributed by atoms with E-state index in [2.05, 4.69) is 10.2 Å². The lowest BCUT2D eigenvalue weighted by atomic mass is 10.1. The first-order chi connectivity index (χ1) is 8.79. The Labute approximate surface area is 108 Å². The third kappa shape index (κ3) is 2.94. The van der Waals surface area contributed by atoms with Gasteiger partial charge in [-0.3, -0.25) is 9.69 Å². The molecule has 0 saturated heterocycles. The number of alkyl halides is 3. The summed E-state index contributed by atoms with van der Waals surface area (Å²) in [5.41, 5.74) is 0. The molecule has 0 spiro atoms. The van der Waals surface area contributed by atoms with Crippen LogP contribution in [0.15, 0.2) is 0 Å². The summed E-state index contributed by atoms with van der Waals surface area (Å²) < 4.78 is 39.1. The molecular weight excluding hydrogens is 261 g/mol. The molecule has 106 valence electrons. The van der Waals surface area contributed by atoms with E-state index in [1.54, 1.807) is 0 Å². The van der Waals surface area contributed by atoms with E-state index in [0.29, 0.717) is 18.8 Å². The van der Waals surface area contributed by atoms with Crippen LogP contribution in [0.25, 0.3) is 0 Å². The van der Waals surface area contributed by atoms with E-state index >= 15 is 0 Å². The first kappa shape index (κ1) is 14.0. The van der Waals surface area contributed by atoms with Gasteiger partial charge in [-0.2, -0.15) is 13.2 Å². The lowest BCUT2D eigenvalue weighted by Gasteiger charge is -2.32. The molecule has 0 radical (unpaired) electrons. The molecule has 1 aromatic rings. The maximum Gasteiger partial charge on any atom is 0.451 e. The zero-order valence-corrected chi connectivity index (χ0v) is 10.7. The minimum atomic E-state index is -4.47. The molecule has 1 atom stereocenters. The lowest BCUT2D eigenvalue weighted by Crippen LogP contribution is -2.41. The minimum absolute atomic E-state index is 0.00251. The highest BCUT2D eigenvalue weighted by Crippen LogP contribution is 2.29. The van der Waals surface area contributed by atoms with E-state index in [1.807, 2.05) is 11.8 Å². The molecule has 19 heavy (non-hydrogen) atoms. The summed E-state index contributed by atoms with van der Waals surface area (Å²) in [6.45, 7) is 4.34.